The van der Waals surface area contributed by atoms with Gasteiger partial charge in [-0.3, -0.25) is 4.90 Å². The Kier molecular flexibility index (Phi) is 8.17. The molecular formula is C16H21Cl3N2O2. The molecule has 1 amide bonds. The molecule has 0 saturated carbocycles. The monoisotopic (exact) mass is 378 g/mol. The second-order valence-corrected chi connectivity index (χ2v) is 7.07. The van der Waals surface area contributed by atoms with Gasteiger partial charge in [0.2, 0.25) is 0 Å². The Balaban J connectivity index is 0.000000816. The zero-order chi connectivity index (χ0) is 17.5. The lowest BCUT2D eigenvalue weighted by Gasteiger charge is -2.34. The summed E-state index contributed by atoms with van der Waals surface area (Å²) in [4.78, 5) is 18.1. The number of halogens is 3. The predicted octanol–water partition coefficient (Wildman–Crippen LogP) is 5.39. The maximum Gasteiger partial charge on any atom is 0.411 e. The van der Waals surface area contributed by atoms with E-state index in [-0.39, 0.29) is 17.5 Å². The third kappa shape index (κ3) is 6.98. The highest BCUT2D eigenvalue weighted by molar-refractivity contribution is 6.40. The third-order valence-corrected chi connectivity index (χ3v) is 3.19. The van der Waals surface area contributed by atoms with Crippen LogP contribution in [0.15, 0.2) is 30.5 Å². The van der Waals surface area contributed by atoms with Gasteiger partial charge in [-0.1, -0.05) is 29.8 Å². The Morgan fingerprint density at radius 3 is 2.52 bits per heavy atom. The van der Waals surface area contributed by atoms with E-state index in [2.05, 4.69) is 11.1 Å². The third-order valence-electron chi connectivity index (χ3n) is 2.97. The van der Waals surface area contributed by atoms with Crippen molar-refractivity contribution < 1.29 is 9.53 Å². The number of carbonyl (C=O) groups excluding carboxylic acids is 1. The van der Waals surface area contributed by atoms with E-state index in [0.29, 0.717) is 11.7 Å². The molecule has 7 heteroatoms. The van der Waals surface area contributed by atoms with E-state index in [1.807, 2.05) is 32.9 Å². The highest BCUT2D eigenvalue weighted by atomic mass is 35.5. The van der Waals surface area contributed by atoms with Crippen molar-refractivity contribution in [2.45, 2.75) is 38.8 Å². The molecule has 2 heterocycles. The fourth-order valence-electron chi connectivity index (χ4n) is 2.09. The van der Waals surface area contributed by atoms with E-state index in [0.717, 1.165) is 12.0 Å². The summed E-state index contributed by atoms with van der Waals surface area (Å²) in [7, 11) is 0. The minimum absolute atomic E-state index is 0.0559. The van der Waals surface area contributed by atoms with Gasteiger partial charge in [0.15, 0.2) is 0 Å². The van der Waals surface area contributed by atoms with Crippen molar-refractivity contribution in [1.82, 2.24) is 9.88 Å². The first-order valence-corrected chi connectivity index (χ1v) is 8.61. The maximum absolute atomic E-state index is 12.3. The summed E-state index contributed by atoms with van der Waals surface area (Å²) in [5.74, 6) is 0. The number of nitrogens with zero attached hydrogens (tertiary/aromatic N) is 2. The molecule has 4 nitrogen and oxygen atoms in total. The molecule has 0 aromatic carbocycles. The minimum atomic E-state index is -0.499. The Morgan fingerprint density at radius 2 is 2.00 bits per heavy atom. The Hall–Kier alpha value is -0.970. The molecule has 0 aliphatic carbocycles. The van der Waals surface area contributed by atoms with E-state index in [1.54, 1.807) is 17.2 Å². The van der Waals surface area contributed by atoms with E-state index >= 15 is 0 Å². The van der Waals surface area contributed by atoms with Gasteiger partial charge in [-0.25, -0.2) is 9.78 Å². The van der Waals surface area contributed by atoms with E-state index in [1.165, 1.54) is 0 Å². The number of amides is 1. The first-order chi connectivity index (χ1) is 10.8. The lowest BCUT2D eigenvalue weighted by atomic mass is 10.0. The normalized spacial score (nSPS) is 17.3. The average molecular weight is 380 g/mol. The topological polar surface area (TPSA) is 42.4 Å². The number of alkyl halides is 2. The van der Waals surface area contributed by atoms with Crippen molar-refractivity contribution in [2.75, 3.05) is 11.9 Å². The molecule has 0 spiro atoms. The summed E-state index contributed by atoms with van der Waals surface area (Å²) in [6, 6.07) is 3.58. The van der Waals surface area contributed by atoms with Crippen LogP contribution in [0.4, 0.5) is 4.79 Å². The summed E-state index contributed by atoms with van der Waals surface area (Å²) in [5, 5.41) is 0.643. The maximum atomic E-state index is 12.3. The molecule has 0 bridgehead atoms. The average Bonchev–Trinajstić information content (AvgIpc) is 2.47. The van der Waals surface area contributed by atoms with Gasteiger partial charge in [-0.15, -0.1) is 23.2 Å². The zero-order valence-corrected chi connectivity index (χ0v) is 15.7. The van der Waals surface area contributed by atoms with Crippen molar-refractivity contribution in [2.24, 2.45) is 0 Å². The summed E-state index contributed by atoms with van der Waals surface area (Å²) in [6.07, 6.45) is 6.21. The van der Waals surface area contributed by atoms with Crippen LogP contribution in [0.5, 0.6) is 0 Å². The van der Waals surface area contributed by atoms with Gasteiger partial charge >= 0.3 is 6.09 Å². The molecule has 1 aliphatic rings. The molecule has 1 aromatic heterocycles. The largest absolute Gasteiger partial charge is 0.444 e. The minimum Gasteiger partial charge on any atom is -0.444 e. The van der Waals surface area contributed by atoms with Crippen LogP contribution in [-0.4, -0.2) is 33.5 Å². The second kappa shape index (κ2) is 9.36. The van der Waals surface area contributed by atoms with Gasteiger partial charge in [0, 0.05) is 12.7 Å². The van der Waals surface area contributed by atoms with Gasteiger partial charge in [0.1, 0.15) is 10.8 Å². The Morgan fingerprint density at radius 1 is 1.35 bits per heavy atom. The highest BCUT2D eigenvalue weighted by Gasteiger charge is 2.29. The lowest BCUT2D eigenvalue weighted by Crippen LogP contribution is -2.40. The van der Waals surface area contributed by atoms with E-state index < -0.39 is 5.60 Å². The lowest BCUT2D eigenvalue weighted by molar-refractivity contribution is 0.0176. The van der Waals surface area contributed by atoms with E-state index in [4.69, 9.17) is 39.5 Å². The van der Waals surface area contributed by atoms with Crippen LogP contribution in [-0.2, 0) is 4.74 Å². The molecule has 1 aromatic rings. The van der Waals surface area contributed by atoms with Crippen LogP contribution in [0.1, 0.15) is 38.8 Å². The fraction of sp³-hybridized carbons (Fsp3) is 0.500. The number of carbonyl (C=O) groups is 1. The number of hydrogen-bond acceptors (Lipinski definition) is 3. The van der Waals surface area contributed by atoms with E-state index in [9.17, 15) is 4.79 Å². The first-order valence-electron chi connectivity index (χ1n) is 7.16. The molecular weight excluding hydrogens is 359 g/mol. The number of aromatic nitrogens is 1. The van der Waals surface area contributed by atoms with Crippen LogP contribution < -0.4 is 0 Å². The van der Waals surface area contributed by atoms with Crippen LogP contribution in [0, 0.1) is 0 Å². The summed E-state index contributed by atoms with van der Waals surface area (Å²) >= 11 is 15.3. The van der Waals surface area contributed by atoms with Crippen molar-refractivity contribution in [3.8, 4) is 0 Å². The smallest absolute Gasteiger partial charge is 0.411 e. The quantitative estimate of drug-likeness (QED) is 0.373. The van der Waals surface area contributed by atoms with Crippen molar-refractivity contribution in [3.63, 3.8) is 0 Å². The molecule has 23 heavy (non-hydrogen) atoms. The number of rotatable bonds is 1. The SMILES string of the molecule is CC(C)(C)OC(=O)N1CC=CCC1c1ccc(Cl)nc1.ClCCl. The van der Waals surface area contributed by atoms with Crippen molar-refractivity contribution >= 4 is 40.9 Å². The molecule has 1 atom stereocenters. The molecule has 2 rings (SSSR count). The highest BCUT2D eigenvalue weighted by Crippen LogP contribution is 2.29. The molecule has 1 aliphatic heterocycles. The van der Waals surface area contributed by atoms with Crippen molar-refractivity contribution in [1.29, 1.82) is 0 Å². The molecule has 0 fully saturated rings. The molecule has 1 unspecified atom stereocenters. The molecule has 0 N–H and O–H groups in total. The molecule has 128 valence electrons. The Labute approximate surface area is 152 Å². The molecule has 0 radical (unpaired) electrons. The van der Waals surface area contributed by atoms with Crippen LogP contribution in [0.3, 0.4) is 0 Å². The van der Waals surface area contributed by atoms with Crippen molar-refractivity contribution in [3.05, 3.63) is 41.2 Å². The first kappa shape index (κ1) is 20.1. The number of hydrogen-bond donors (Lipinski definition) is 0. The second-order valence-electron chi connectivity index (χ2n) is 5.87. The number of pyridine rings is 1. The van der Waals surface area contributed by atoms with Crippen LogP contribution in [0.2, 0.25) is 5.15 Å². The fourth-order valence-corrected chi connectivity index (χ4v) is 2.20. The van der Waals surface area contributed by atoms with Crippen LogP contribution >= 0.6 is 34.8 Å². The van der Waals surface area contributed by atoms with Gasteiger partial charge in [0.05, 0.1) is 11.4 Å². The van der Waals surface area contributed by atoms with Crippen LogP contribution in [0.25, 0.3) is 0 Å². The summed E-state index contributed by atoms with van der Waals surface area (Å²) in [5.41, 5.74) is 0.464. The zero-order valence-electron chi connectivity index (χ0n) is 13.4. The van der Waals surface area contributed by atoms with Gasteiger partial charge in [0.25, 0.3) is 0 Å². The standard InChI is InChI=1S/C15H19ClN2O2.CH2Cl2/c1-15(2,3)20-14(19)18-9-5-4-6-12(18)11-7-8-13(16)17-10-11;2-1-3/h4-5,7-8,10,12H,6,9H2,1-3H3;1H2. The predicted molar refractivity (Wildman–Crippen MR) is 95.3 cm³/mol. The van der Waals surface area contributed by atoms with Gasteiger partial charge < -0.3 is 4.74 Å². The summed E-state index contributed by atoms with van der Waals surface area (Å²) < 4.78 is 5.46. The molecule has 0 saturated heterocycles. The number of ether oxygens (including phenoxy) is 1. The summed E-state index contributed by atoms with van der Waals surface area (Å²) in [6.45, 7) is 6.14. The Bertz CT molecular complexity index is 527. The van der Waals surface area contributed by atoms with Gasteiger partial charge in [-0.05, 0) is 38.8 Å². The van der Waals surface area contributed by atoms with Gasteiger partial charge in [-0.2, -0.15) is 0 Å².